The van der Waals surface area contributed by atoms with E-state index in [1.54, 1.807) is 36.4 Å². The van der Waals surface area contributed by atoms with Crippen LogP contribution in [0, 0.1) is 5.82 Å². The normalized spacial score (nSPS) is 15.8. The Morgan fingerprint density at radius 2 is 1.79 bits per heavy atom. The van der Waals surface area contributed by atoms with Gasteiger partial charge in [0.15, 0.2) is 10.9 Å². The summed E-state index contributed by atoms with van der Waals surface area (Å²) < 4.78 is 19.5. The fraction of sp³-hybridized carbons (Fsp3) is 0.120. The zero-order chi connectivity index (χ0) is 23.4. The van der Waals surface area contributed by atoms with Crippen molar-refractivity contribution in [1.82, 2.24) is 5.32 Å². The minimum Gasteiger partial charge on any atom is -0.486 e. The molecule has 4 rings (SSSR count). The van der Waals surface area contributed by atoms with Crippen molar-refractivity contribution in [3.63, 3.8) is 0 Å². The van der Waals surface area contributed by atoms with Crippen LogP contribution in [0.1, 0.15) is 23.6 Å². The molecule has 0 bridgehead atoms. The van der Waals surface area contributed by atoms with Crippen LogP contribution >= 0.6 is 35.0 Å². The number of nitrogens with zero attached hydrogens (tertiary/aromatic N) is 1. The lowest BCUT2D eigenvalue weighted by atomic mass is 10.2. The van der Waals surface area contributed by atoms with Crippen molar-refractivity contribution in [3.05, 3.63) is 98.1 Å². The molecule has 3 aromatic carbocycles. The molecule has 0 aromatic heterocycles. The maximum absolute atomic E-state index is 13.8. The fourth-order valence-electron chi connectivity index (χ4n) is 3.12. The molecule has 4 nitrogen and oxygen atoms in total. The van der Waals surface area contributed by atoms with Crippen molar-refractivity contribution < 1.29 is 13.9 Å². The molecule has 3 aromatic rings. The van der Waals surface area contributed by atoms with Gasteiger partial charge < -0.3 is 10.1 Å². The molecule has 1 aliphatic heterocycles. The van der Waals surface area contributed by atoms with Crippen LogP contribution in [-0.4, -0.2) is 11.1 Å². The minimum absolute atomic E-state index is 0.0101. The second kappa shape index (κ2) is 10.4. The first-order chi connectivity index (χ1) is 15.9. The van der Waals surface area contributed by atoms with Gasteiger partial charge in [-0.2, -0.15) is 0 Å². The van der Waals surface area contributed by atoms with Crippen molar-refractivity contribution in [1.29, 1.82) is 0 Å². The smallest absolute Gasteiger partial charge is 0.264 e. The van der Waals surface area contributed by atoms with Gasteiger partial charge in [-0.15, -0.1) is 0 Å². The van der Waals surface area contributed by atoms with E-state index in [0.717, 1.165) is 12.1 Å². The summed E-state index contributed by atoms with van der Waals surface area (Å²) >= 11 is 14.0. The van der Waals surface area contributed by atoms with Crippen molar-refractivity contribution in [2.75, 3.05) is 0 Å². The number of benzene rings is 3. The van der Waals surface area contributed by atoms with E-state index in [1.165, 1.54) is 23.4 Å². The molecular weight excluding hydrogens is 482 g/mol. The molecule has 0 atom stereocenters. The SMILES string of the molecule is CCc1ccc(N=C2NC(=O)/C(=C/c3cc(Cl)c(OCc4ccccc4F)c(Cl)c3)S2)cc1. The Bertz CT molecular complexity index is 1240. The highest BCUT2D eigenvalue weighted by Gasteiger charge is 2.24. The standard InChI is InChI=1S/C25H19Cl2FN2O2S/c1-2-15-7-9-18(10-8-15)29-25-30-24(31)22(33-25)13-16-11-19(26)23(20(27)12-16)32-14-17-5-3-4-6-21(17)28/h3-13H,2,14H2,1H3,(H,29,30,31)/b22-13-. The average molecular weight is 501 g/mol. The number of amidine groups is 1. The summed E-state index contributed by atoms with van der Waals surface area (Å²) in [4.78, 5) is 17.4. The molecule has 0 aliphatic carbocycles. The van der Waals surface area contributed by atoms with Gasteiger partial charge in [-0.25, -0.2) is 9.38 Å². The Kier molecular flexibility index (Phi) is 7.38. The molecule has 1 heterocycles. The van der Waals surface area contributed by atoms with Gasteiger partial charge in [-0.05, 0) is 65.7 Å². The zero-order valence-electron chi connectivity index (χ0n) is 17.6. The van der Waals surface area contributed by atoms with Gasteiger partial charge >= 0.3 is 0 Å². The van der Waals surface area contributed by atoms with Crippen molar-refractivity contribution in [3.8, 4) is 5.75 Å². The summed E-state index contributed by atoms with van der Waals surface area (Å²) in [6.45, 7) is 2.08. The quantitative estimate of drug-likeness (QED) is 0.365. The number of carbonyl (C=O) groups excluding carboxylic acids is 1. The van der Waals surface area contributed by atoms with Crippen LogP contribution in [0.3, 0.4) is 0 Å². The largest absolute Gasteiger partial charge is 0.486 e. The molecule has 33 heavy (non-hydrogen) atoms. The van der Waals surface area contributed by atoms with Gasteiger partial charge in [-0.1, -0.05) is 60.5 Å². The lowest BCUT2D eigenvalue weighted by Crippen LogP contribution is -2.19. The molecule has 0 unspecified atom stereocenters. The van der Waals surface area contributed by atoms with E-state index in [-0.39, 0.29) is 34.1 Å². The lowest BCUT2D eigenvalue weighted by Gasteiger charge is -2.11. The lowest BCUT2D eigenvalue weighted by molar-refractivity contribution is -0.115. The first kappa shape index (κ1) is 23.4. The molecular formula is C25H19Cl2FN2O2S. The average Bonchev–Trinajstić information content (AvgIpc) is 3.13. The molecule has 1 amide bonds. The first-order valence-corrected chi connectivity index (χ1v) is 11.7. The molecule has 8 heteroatoms. The Morgan fingerprint density at radius 3 is 2.45 bits per heavy atom. The summed E-state index contributed by atoms with van der Waals surface area (Å²) in [5.41, 5.74) is 3.01. The summed E-state index contributed by atoms with van der Waals surface area (Å²) in [6.07, 6.45) is 2.63. The predicted octanol–water partition coefficient (Wildman–Crippen LogP) is 7.17. The summed E-state index contributed by atoms with van der Waals surface area (Å²) in [6, 6.07) is 17.5. The minimum atomic E-state index is -0.367. The maximum Gasteiger partial charge on any atom is 0.264 e. The summed E-state index contributed by atoms with van der Waals surface area (Å²) in [7, 11) is 0. The number of hydrogen-bond acceptors (Lipinski definition) is 4. The van der Waals surface area contributed by atoms with Crippen LogP contribution in [0.2, 0.25) is 10.0 Å². The van der Waals surface area contributed by atoms with E-state index in [1.807, 2.05) is 24.3 Å². The number of nitrogens with one attached hydrogen (secondary N) is 1. The maximum atomic E-state index is 13.8. The highest BCUT2D eigenvalue weighted by molar-refractivity contribution is 8.18. The van der Waals surface area contributed by atoms with Crippen LogP contribution in [0.15, 0.2) is 70.6 Å². The van der Waals surface area contributed by atoms with Crippen LogP contribution < -0.4 is 10.1 Å². The first-order valence-electron chi connectivity index (χ1n) is 10.2. The molecule has 0 saturated carbocycles. The van der Waals surface area contributed by atoms with E-state index in [0.29, 0.717) is 21.2 Å². The van der Waals surface area contributed by atoms with E-state index in [4.69, 9.17) is 27.9 Å². The summed E-state index contributed by atoms with van der Waals surface area (Å²) in [5.74, 6) is -0.366. The number of ether oxygens (including phenoxy) is 1. The molecule has 168 valence electrons. The van der Waals surface area contributed by atoms with Gasteiger partial charge in [0.1, 0.15) is 12.4 Å². The molecule has 1 N–H and O–H groups in total. The Balaban J connectivity index is 1.49. The fourth-order valence-corrected chi connectivity index (χ4v) is 4.58. The highest BCUT2D eigenvalue weighted by Crippen LogP contribution is 2.37. The molecule has 1 saturated heterocycles. The van der Waals surface area contributed by atoms with Crippen LogP contribution in [-0.2, 0) is 17.8 Å². The Hall–Kier alpha value is -2.80. The van der Waals surface area contributed by atoms with Crippen molar-refractivity contribution in [2.24, 2.45) is 4.99 Å². The molecule has 0 spiro atoms. The van der Waals surface area contributed by atoms with Gasteiger partial charge in [0, 0.05) is 5.56 Å². The van der Waals surface area contributed by atoms with E-state index < -0.39 is 0 Å². The zero-order valence-corrected chi connectivity index (χ0v) is 19.9. The number of amides is 1. The second-order valence-electron chi connectivity index (χ2n) is 7.20. The van der Waals surface area contributed by atoms with Crippen molar-refractivity contribution in [2.45, 2.75) is 20.0 Å². The number of rotatable bonds is 6. The van der Waals surface area contributed by atoms with Crippen molar-refractivity contribution >= 4 is 57.8 Å². The Labute approximate surface area is 205 Å². The monoisotopic (exact) mass is 500 g/mol. The van der Waals surface area contributed by atoms with Crippen LogP contribution in [0.25, 0.3) is 6.08 Å². The van der Waals surface area contributed by atoms with Crippen LogP contribution in [0.4, 0.5) is 10.1 Å². The predicted molar refractivity (Wildman–Crippen MR) is 134 cm³/mol. The highest BCUT2D eigenvalue weighted by atomic mass is 35.5. The van der Waals surface area contributed by atoms with Gasteiger partial charge in [-0.3, -0.25) is 4.79 Å². The number of aryl methyl sites for hydroxylation is 1. The van der Waals surface area contributed by atoms with E-state index >= 15 is 0 Å². The molecule has 0 radical (unpaired) electrons. The third-order valence-corrected chi connectivity index (χ3v) is 6.35. The number of carbonyl (C=O) groups is 1. The molecule has 1 fully saturated rings. The van der Waals surface area contributed by atoms with Crippen LogP contribution in [0.5, 0.6) is 5.75 Å². The van der Waals surface area contributed by atoms with Gasteiger partial charge in [0.05, 0.1) is 20.6 Å². The Morgan fingerprint density at radius 1 is 1.09 bits per heavy atom. The molecule has 1 aliphatic rings. The topological polar surface area (TPSA) is 50.7 Å². The van der Waals surface area contributed by atoms with E-state index in [9.17, 15) is 9.18 Å². The second-order valence-corrected chi connectivity index (χ2v) is 9.04. The third-order valence-electron chi connectivity index (χ3n) is 4.87. The number of halogens is 3. The van der Waals surface area contributed by atoms with E-state index in [2.05, 4.69) is 17.2 Å². The number of hydrogen-bond donors (Lipinski definition) is 1. The third kappa shape index (κ3) is 5.77. The van der Waals surface area contributed by atoms with Gasteiger partial charge in [0.25, 0.3) is 5.91 Å². The van der Waals surface area contributed by atoms with Gasteiger partial charge in [0.2, 0.25) is 0 Å². The number of aliphatic imine (C=N–C) groups is 1. The summed E-state index contributed by atoms with van der Waals surface area (Å²) in [5, 5.41) is 3.79. The number of thioether (sulfide) groups is 1.